The average molecular weight is 313 g/mol. The van der Waals surface area contributed by atoms with Gasteiger partial charge in [-0.1, -0.05) is 43.2 Å². The summed E-state index contributed by atoms with van der Waals surface area (Å²) in [6, 6.07) is 10.6. The third kappa shape index (κ3) is 3.08. The summed E-state index contributed by atoms with van der Waals surface area (Å²) in [5, 5.41) is 11.8. The van der Waals surface area contributed by atoms with E-state index in [1.165, 1.54) is 58.0 Å². The number of piperidine rings is 1. The molecule has 0 amide bonds. The van der Waals surface area contributed by atoms with Gasteiger partial charge in [-0.15, -0.1) is 0 Å². The molecule has 4 atom stereocenters. The third-order valence-corrected chi connectivity index (χ3v) is 6.88. The van der Waals surface area contributed by atoms with Gasteiger partial charge in [-0.05, 0) is 74.9 Å². The first-order valence-electron chi connectivity index (χ1n) is 9.76. The first-order chi connectivity index (χ1) is 11.3. The molecule has 1 aromatic rings. The Morgan fingerprint density at radius 1 is 1.00 bits per heavy atom. The molecule has 0 spiro atoms. The number of nitrogens with zero attached hydrogens (tertiary/aromatic N) is 1. The van der Waals surface area contributed by atoms with E-state index in [2.05, 4.69) is 35.2 Å². The van der Waals surface area contributed by atoms with Gasteiger partial charge in [0.05, 0.1) is 5.60 Å². The van der Waals surface area contributed by atoms with Crippen molar-refractivity contribution in [2.45, 2.75) is 57.0 Å². The lowest BCUT2D eigenvalue weighted by Crippen LogP contribution is -2.42. The van der Waals surface area contributed by atoms with Crippen molar-refractivity contribution in [3.05, 3.63) is 35.9 Å². The van der Waals surface area contributed by atoms with Gasteiger partial charge in [0.2, 0.25) is 0 Å². The lowest BCUT2D eigenvalue weighted by atomic mass is 9.71. The summed E-state index contributed by atoms with van der Waals surface area (Å²) in [5.74, 6) is 2.12. The molecule has 2 saturated carbocycles. The summed E-state index contributed by atoms with van der Waals surface area (Å²) >= 11 is 0. The Hall–Kier alpha value is -0.860. The van der Waals surface area contributed by atoms with Gasteiger partial charge in [-0.3, -0.25) is 0 Å². The standard InChI is InChI=1S/C21H31NO/c23-21(19-7-3-1-4-8-19,11-14-22-12-5-2-6-13-22)20-16-17-9-10-18(20)15-17/h1,3-4,7-8,17-18,20,23H,2,5-6,9-16H2. The monoisotopic (exact) mass is 313 g/mol. The number of hydrogen-bond donors (Lipinski definition) is 1. The SMILES string of the molecule is OC(CCN1CCCCC1)(c1ccccc1)C1CC2CCC1C2. The number of hydrogen-bond acceptors (Lipinski definition) is 2. The minimum atomic E-state index is -0.613. The summed E-state index contributed by atoms with van der Waals surface area (Å²) in [4.78, 5) is 2.57. The quantitative estimate of drug-likeness (QED) is 0.881. The van der Waals surface area contributed by atoms with Crippen LogP contribution in [-0.4, -0.2) is 29.6 Å². The van der Waals surface area contributed by atoms with Crippen molar-refractivity contribution in [2.24, 2.45) is 17.8 Å². The topological polar surface area (TPSA) is 23.5 Å². The van der Waals surface area contributed by atoms with Crippen molar-refractivity contribution in [2.75, 3.05) is 19.6 Å². The fourth-order valence-corrected chi connectivity index (χ4v) is 5.61. The molecule has 3 fully saturated rings. The highest BCUT2D eigenvalue weighted by atomic mass is 16.3. The van der Waals surface area contributed by atoms with E-state index in [0.29, 0.717) is 5.92 Å². The smallest absolute Gasteiger partial charge is 0.0939 e. The van der Waals surface area contributed by atoms with Gasteiger partial charge in [0.15, 0.2) is 0 Å². The summed E-state index contributed by atoms with van der Waals surface area (Å²) in [5.41, 5.74) is 0.549. The molecule has 1 N–H and O–H groups in total. The van der Waals surface area contributed by atoms with E-state index < -0.39 is 5.60 Å². The first kappa shape index (κ1) is 15.7. The lowest BCUT2D eigenvalue weighted by Gasteiger charge is -2.41. The molecule has 2 heteroatoms. The second-order valence-corrected chi connectivity index (χ2v) is 8.22. The molecule has 1 aromatic carbocycles. The number of rotatable bonds is 5. The van der Waals surface area contributed by atoms with Gasteiger partial charge >= 0.3 is 0 Å². The van der Waals surface area contributed by atoms with Crippen LogP contribution in [0.3, 0.4) is 0 Å². The third-order valence-electron chi connectivity index (χ3n) is 6.88. The van der Waals surface area contributed by atoms with Crippen LogP contribution < -0.4 is 0 Å². The Labute approximate surface area is 140 Å². The summed E-state index contributed by atoms with van der Waals surface area (Å²) < 4.78 is 0. The van der Waals surface area contributed by atoms with Crippen molar-refractivity contribution in [3.63, 3.8) is 0 Å². The second kappa shape index (κ2) is 6.57. The van der Waals surface area contributed by atoms with Crippen molar-refractivity contribution in [3.8, 4) is 0 Å². The molecule has 1 heterocycles. The highest BCUT2D eigenvalue weighted by Crippen LogP contribution is 2.55. The minimum absolute atomic E-state index is 0.480. The van der Waals surface area contributed by atoms with Gasteiger partial charge in [0.25, 0.3) is 0 Å². The number of likely N-dealkylation sites (tertiary alicyclic amines) is 1. The zero-order valence-electron chi connectivity index (χ0n) is 14.3. The highest BCUT2D eigenvalue weighted by Gasteiger charge is 2.50. The second-order valence-electron chi connectivity index (χ2n) is 8.22. The van der Waals surface area contributed by atoms with Crippen molar-refractivity contribution in [1.29, 1.82) is 0 Å². The molecule has 2 nitrogen and oxygen atoms in total. The van der Waals surface area contributed by atoms with Crippen LogP contribution in [0, 0.1) is 17.8 Å². The Kier molecular flexibility index (Phi) is 4.47. The maximum absolute atomic E-state index is 11.8. The van der Waals surface area contributed by atoms with Crippen LogP contribution in [0.4, 0.5) is 0 Å². The van der Waals surface area contributed by atoms with Crippen LogP contribution in [0.1, 0.15) is 56.9 Å². The zero-order valence-corrected chi connectivity index (χ0v) is 14.3. The zero-order chi connectivity index (χ0) is 15.7. The lowest BCUT2D eigenvalue weighted by molar-refractivity contribution is -0.0600. The molecule has 0 aromatic heterocycles. The Bertz CT molecular complexity index is 510. The minimum Gasteiger partial charge on any atom is -0.385 e. The normalized spacial score (nSPS) is 33.7. The predicted octanol–water partition coefficient (Wildman–Crippen LogP) is 4.19. The molecular formula is C21H31NO. The van der Waals surface area contributed by atoms with E-state index in [9.17, 15) is 5.11 Å². The van der Waals surface area contributed by atoms with Crippen LogP contribution in [0.15, 0.2) is 30.3 Å². The van der Waals surface area contributed by atoms with E-state index in [1.54, 1.807) is 0 Å². The first-order valence-corrected chi connectivity index (χ1v) is 9.76. The Balaban J connectivity index is 1.53. The Morgan fingerprint density at radius 3 is 2.43 bits per heavy atom. The summed E-state index contributed by atoms with van der Waals surface area (Å²) in [6.07, 6.45) is 10.3. The molecule has 23 heavy (non-hydrogen) atoms. The number of aliphatic hydroxyl groups is 1. The van der Waals surface area contributed by atoms with Gasteiger partial charge in [-0.25, -0.2) is 0 Å². The van der Waals surface area contributed by atoms with Gasteiger partial charge in [0, 0.05) is 6.54 Å². The maximum Gasteiger partial charge on any atom is 0.0939 e. The molecule has 1 saturated heterocycles. The summed E-state index contributed by atoms with van der Waals surface area (Å²) in [6.45, 7) is 3.50. The van der Waals surface area contributed by atoms with Crippen LogP contribution in [0.2, 0.25) is 0 Å². The molecule has 2 bridgehead atoms. The largest absolute Gasteiger partial charge is 0.385 e. The summed E-state index contributed by atoms with van der Waals surface area (Å²) in [7, 11) is 0. The number of fused-ring (bicyclic) bond motifs is 2. The molecular weight excluding hydrogens is 282 g/mol. The maximum atomic E-state index is 11.8. The van der Waals surface area contributed by atoms with E-state index >= 15 is 0 Å². The average Bonchev–Trinajstić information content (AvgIpc) is 3.25. The fraction of sp³-hybridized carbons (Fsp3) is 0.714. The molecule has 4 rings (SSSR count). The molecule has 1 aliphatic heterocycles. The Morgan fingerprint density at radius 2 is 1.78 bits per heavy atom. The van der Waals surface area contributed by atoms with E-state index in [1.807, 2.05) is 0 Å². The fourth-order valence-electron chi connectivity index (χ4n) is 5.61. The van der Waals surface area contributed by atoms with E-state index in [4.69, 9.17) is 0 Å². The van der Waals surface area contributed by atoms with Crippen molar-refractivity contribution >= 4 is 0 Å². The molecule has 0 radical (unpaired) electrons. The molecule has 2 aliphatic carbocycles. The van der Waals surface area contributed by atoms with Gasteiger partial charge in [0.1, 0.15) is 0 Å². The molecule has 126 valence electrons. The van der Waals surface area contributed by atoms with Gasteiger partial charge in [-0.2, -0.15) is 0 Å². The molecule has 3 aliphatic rings. The van der Waals surface area contributed by atoms with Gasteiger partial charge < -0.3 is 10.0 Å². The van der Waals surface area contributed by atoms with Crippen LogP contribution >= 0.6 is 0 Å². The highest BCUT2D eigenvalue weighted by molar-refractivity contribution is 5.25. The number of benzene rings is 1. The molecule has 4 unspecified atom stereocenters. The van der Waals surface area contributed by atoms with Crippen LogP contribution in [0.5, 0.6) is 0 Å². The van der Waals surface area contributed by atoms with Crippen LogP contribution in [0.25, 0.3) is 0 Å². The predicted molar refractivity (Wildman–Crippen MR) is 94.2 cm³/mol. The van der Waals surface area contributed by atoms with Crippen molar-refractivity contribution < 1.29 is 5.11 Å². The van der Waals surface area contributed by atoms with Crippen molar-refractivity contribution in [1.82, 2.24) is 4.90 Å². The van der Waals surface area contributed by atoms with E-state index in [0.717, 1.165) is 30.4 Å². The van der Waals surface area contributed by atoms with E-state index in [-0.39, 0.29) is 0 Å². The van der Waals surface area contributed by atoms with Crippen LogP contribution in [-0.2, 0) is 5.60 Å².